The van der Waals surface area contributed by atoms with Gasteiger partial charge in [0.2, 0.25) is 0 Å². The maximum absolute atomic E-state index is 11.1. The Morgan fingerprint density at radius 2 is 1.69 bits per heavy atom. The maximum atomic E-state index is 11.1. The van der Waals surface area contributed by atoms with Gasteiger partial charge in [-0.2, -0.15) is 0 Å². The lowest BCUT2D eigenvalue weighted by molar-refractivity contribution is -0.144. The van der Waals surface area contributed by atoms with Gasteiger partial charge in [-0.15, -0.1) is 0 Å². The molecule has 0 saturated carbocycles. The summed E-state index contributed by atoms with van der Waals surface area (Å²) in [6.45, 7) is 6.49. The van der Waals surface area contributed by atoms with Crippen LogP contribution < -0.4 is 5.32 Å². The predicted molar refractivity (Wildman–Crippen MR) is 51.2 cm³/mol. The van der Waals surface area contributed by atoms with Crippen LogP contribution in [0.2, 0.25) is 0 Å². The minimum atomic E-state index is -0.542. The summed E-state index contributed by atoms with van der Waals surface area (Å²) < 4.78 is 0. The van der Waals surface area contributed by atoms with Crippen molar-refractivity contribution in [2.24, 2.45) is 5.41 Å². The molecule has 0 unspecified atom stereocenters. The largest absolute Gasteiger partial charge is 0.347 e. The van der Waals surface area contributed by atoms with Gasteiger partial charge in [0.25, 0.3) is 0 Å². The fourth-order valence-corrected chi connectivity index (χ4v) is 0.624. The van der Waals surface area contributed by atoms with Crippen molar-refractivity contribution in [2.75, 3.05) is 20.6 Å². The summed E-state index contributed by atoms with van der Waals surface area (Å²) in [6, 6.07) is 0. The molecular formula is C9H18N2O2. The number of carbonyl (C=O) groups excluding carboxylic acids is 2. The number of hydrogen-bond donors (Lipinski definition) is 1. The molecule has 0 bridgehead atoms. The molecule has 0 heterocycles. The van der Waals surface area contributed by atoms with Crippen LogP contribution in [0.5, 0.6) is 0 Å². The van der Waals surface area contributed by atoms with E-state index in [1.807, 2.05) is 20.8 Å². The molecule has 2 amide bonds. The van der Waals surface area contributed by atoms with Crippen molar-refractivity contribution in [2.45, 2.75) is 20.8 Å². The van der Waals surface area contributed by atoms with E-state index in [2.05, 4.69) is 5.32 Å². The summed E-state index contributed by atoms with van der Waals surface area (Å²) in [6.07, 6.45) is 0. The summed E-state index contributed by atoms with van der Waals surface area (Å²) in [5.74, 6) is -1.05. The Hall–Kier alpha value is -1.06. The van der Waals surface area contributed by atoms with E-state index in [1.165, 1.54) is 4.90 Å². The zero-order chi connectivity index (χ0) is 10.6. The topological polar surface area (TPSA) is 49.4 Å². The zero-order valence-corrected chi connectivity index (χ0v) is 8.97. The highest BCUT2D eigenvalue weighted by Gasteiger charge is 2.18. The molecule has 0 aliphatic rings. The number of hydrogen-bond acceptors (Lipinski definition) is 2. The summed E-state index contributed by atoms with van der Waals surface area (Å²) in [5, 5.41) is 2.57. The summed E-state index contributed by atoms with van der Waals surface area (Å²) in [5.41, 5.74) is 0.00223. The molecule has 0 fully saturated rings. The lowest BCUT2D eigenvalue weighted by Gasteiger charge is -2.19. The molecule has 0 rings (SSSR count). The number of carbonyl (C=O) groups is 2. The highest BCUT2D eigenvalue weighted by molar-refractivity contribution is 6.34. The molecule has 0 saturated heterocycles. The molecular weight excluding hydrogens is 168 g/mol. The van der Waals surface area contributed by atoms with Crippen molar-refractivity contribution in [1.82, 2.24) is 10.2 Å². The maximum Gasteiger partial charge on any atom is 0.311 e. The van der Waals surface area contributed by atoms with Crippen LogP contribution in [0.1, 0.15) is 20.8 Å². The number of nitrogens with zero attached hydrogens (tertiary/aromatic N) is 1. The van der Waals surface area contributed by atoms with Crippen molar-refractivity contribution in [3.8, 4) is 0 Å². The van der Waals surface area contributed by atoms with E-state index in [-0.39, 0.29) is 5.41 Å². The number of rotatable bonds is 1. The molecule has 0 aliphatic carbocycles. The van der Waals surface area contributed by atoms with Gasteiger partial charge < -0.3 is 10.2 Å². The van der Waals surface area contributed by atoms with Gasteiger partial charge in [-0.1, -0.05) is 20.8 Å². The molecule has 0 radical (unpaired) electrons. The Bertz CT molecular complexity index is 204. The highest BCUT2D eigenvalue weighted by atomic mass is 16.2. The van der Waals surface area contributed by atoms with Crippen LogP contribution in [0.4, 0.5) is 0 Å². The standard InChI is InChI=1S/C9H18N2O2/c1-9(2,3)6-10-7(12)8(13)11(4)5/h6H2,1-5H3,(H,10,12). The van der Waals surface area contributed by atoms with Crippen LogP contribution in [0.25, 0.3) is 0 Å². The molecule has 13 heavy (non-hydrogen) atoms. The van der Waals surface area contributed by atoms with Gasteiger partial charge in [0.15, 0.2) is 0 Å². The van der Waals surface area contributed by atoms with Gasteiger partial charge in [0, 0.05) is 20.6 Å². The first kappa shape index (κ1) is 11.9. The average molecular weight is 186 g/mol. The summed E-state index contributed by atoms with van der Waals surface area (Å²) >= 11 is 0. The molecule has 0 aromatic heterocycles. The van der Waals surface area contributed by atoms with Crippen LogP contribution in [-0.2, 0) is 9.59 Å². The molecule has 1 N–H and O–H groups in total. The zero-order valence-electron chi connectivity index (χ0n) is 8.97. The van der Waals surface area contributed by atoms with Crippen LogP contribution in [0.3, 0.4) is 0 Å². The first-order valence-electron chi connectivity index (χ1n) is 4.23. The molecule has 4 heteroatoms. The van der Waals surface area contributed by atoms with Gasteiger partial charge in [-0.05, 0) is 5.41 Å². The first-order valence-corrected chi connectivity index (χ1v) is 4.23. The molecule has 0 atom stereocenters. The smallest absolute Gasteiger partial charge is 0.311 e. The molecule has 0 aliphatic heterocycles. The van der Waals surface area contributed by atoms with E-state index in [4.69, 9.17) is 0 Å². The van der Waals surface area contributed by atoms with Gasteiger partial charge in [0.1, 0.15) is 0 Å². The number of amides is 2. The Morgan fingerprint density at radius 1 is 1.23 bits per heavy atom. The van der Waals surface area contributed by atoms with Gasteiger partial charge in [-0.25, -0.2) is 0 Å². The number of likely N-dealkylation sites (N-methyl/N-ethyl adjacent to an activating group) is 1. The van der Waals surface area contributed by atoms with Crippen molar-refractivity contribution >= 4 is 11.8 Å². The van der Waals surface area contributed by atoms with E-state index in [0.717, 1.165) is 0 Å². The second-order valence-corrected chi connectivity index (χ2v) is 4.44. The SMILES string of the molecule is CN(C)C(=O)C(=O)NCC(C)(C)C. The van der Waals surface area contributed by atoms with Crippen LogP contribution in [0.15, 0.2) is 0 Å². The Kier molecular flexibility index (Phi) is 3.91. The average Bonchev–Trinajstić information content (AvgIpc) is 1.97. The summed E-state index contributed by atoms with van der Waals surface area (Å²) in [7, 11) is 3.11. The van der Waals surface area contributed by atoms with Gasteiger partial charge in [0.05, 0.1) is 0 Å². The van der Waals surface area contributed by atoms with Crippen LogP contribution >= 0.6 is 0 Å². The highest BCUT2D eigenvalue weighted by Crippen LogP contribution is 2.09. The Morgan fingerprint density at radius 3 is 2.00 bits per heavy atom. The van der Waals surface area contributed by atoms with Crippen molar-refractivity contribution in [3.63, 3.8) is 0 Å². The molecule has 0 aromatic carbocycles. The lowest BCUT2D eigenvalue weighted by atomic mass is 9.97. The Labute approximate surface area is 79.3 Å². The van der Waals surface area contributed by atoms with Gasteiger partial charge >= 0.3 is 11.8 Å². The number of nitrogens with one attached hydrogen (secondary N) is 1. The van der Waals surface area contributed by atoms with Crippen LogP contribution in [0, 0.1) is 5.41 Å². The van der Waals surface area contributed by atoms with E-state index in [1.54, 1.807) is 14.1 Å². The second kappa shape index (κ2) is 4.25. The van der Waals surface area contributed by atoms with Crippen LogP contribution in [-0.4, -0.2) is 37.4 Å². The fourth-order valence-electron chi connectivity index (χ4n) is 0.624. The van der Waals surface area contributed by atoms with E-state index in [0.29, 0.717) is 6.54 Å². The quantitative estimate of drug-likeness (QED) is 0.596. The normalized spacial score (nSPS) is 10.8. The molecule has 0 spiro atoms. The van der Waals surface area contributed by atoms with Crippen molar-refractivity contribution in [1.29, 1.82) is 0 Å². The first-order chi connectivity index (χ1) is 5.74. The van der Waals surface area contributed by atoms with Crippen molar-refractivity contribution < 1.29 is 9.59 Å². The summed E-state index contributed by atoms with van der Waals surface area (Å²) in [4.78, 5) is 23.5. The van der Waals surface area contributed by atoms with E-state index in [9.17, 15) is 9.59 Å². The predicted octanol–water partition coefficient (Wildman–Crippen LogP) is 0.237. The molecule has 76 valence electrons. The molecule has 4 nitrogen and oxygen atoms in total. The molecule has 0 aromatic rings. The third-order valence-corrected chi connectivity index (χ3v) is 1.38. The fraction of sp³-hybridized carbons (Fsp3) is 0.778. The Balaban J connectivity index is 3.96. The van der Waals surface area contributed by atoms with E-state index < -0.39 is 11.8 Å². The third kappa shape index (κ3) is 5.22. The van der Waals surface area contributed by atoms with Gasteiger partial charge in [-0.3, -0.25) is 9.59 Å². The minimum Gasteiger partial charge on any atom is -0.347 e. The van der Waals surface area contributed by atoms with Crippen molar-refractivity contribution in [3.05, 3.63) is 0 Å². The third-order valence-electron chi connectivity index (χ3n) is 1.38. The monoisotopic (exact) mass is 186 g/mol. The lowest BCUT2D eigenvalue weighted by Crippen LogP contribution is -2.42. The van der Waals surface area contributed by atoms with E-state index >= 15 is 0 Å². The minimum absolute atomic E-state index is 0.00223. The second-order valence-electron chi connectivity index (χ2n) is 4.44.